The van der Waals surface area contributed by atoms with Crippen LogP contribution in [0.1, 0.15) is 40.0 Å². The van der Waals surface area contributed by atoms with E-state index >= 15 is 0 Å². The lowest BCUT2D eigenvalue weighted by Gasteiger charge is -2.40. The lowest BCUT2D eigenvalue weighted by atomic mass is 9.99. The van der Waals surface area contributed by atoms with Crippen molar-refractivity contribution in [2.45, 2.75) is 51.7 Å². The highest BCUT2D eigenvalue weighted by atomic mass is 16.5. The molecule has 0 unspecified atom stereocenters. The first kappa shape index (κ1) is 14.5. The van der Waals surface area contributed by atoms with E-state index in [4.69, 9.17) is 4.74 Å². The summed E-state index contributed by atoms with van der Waals surface area (Å²) in [7, 11) is 1.41. The molecule has 0 N–H and O–H groups in total. The van der Waals surface area contributed by atoms with Crippen LogP contribution in [0.25, 0.3) is 0 Å². The van der Waals surface area contributed by atoms with Gasteiger partial charge in [0.2, 0.25) is 0 Å². The fraction of sp³-hybridized carbons (Fsp3) is 0.923. The second-order valence-electron chi connectivity index (χ2n) is 5.55. The average Bonchev–Trinajstić information content (AvgIpc) is 2.28. The minimum Gasteiger partial charge on any atom is -0.469 e. The molecule has 1 saturated heterocycles. The van der Waals surface area contributed by atoms with E-state index in [-0.39, 0.29) is 11.5 Å². The first-order chi connectivity index (χ1) is 7.93. The molecule has 0 spiro atoms. The van der Waals surface area contributed by atoms with E-state index in [1.807, 2.05) is 0 Å². The Labute approximate surface area is 104 Å². The fourth-order valence-corrected chi connectivity index (χ4v) is 2.10. The van der Waals surface area contributed by atoms with Crippen LogP contribution in [0.2, 0.25) is 0 Å². The number of nitrogens with zero attached hydrogens (tertiary/aromatic N) is 1. The zero-order valence-corrected chi connectivity index (χ0v) is 11.5. The van der Waals surface area contributed by atoms with Crippen LogP contribution >= 0.6 is 0 Å². The molecular weight excluding hydrogens is 218 g/mol. The minimum absolute atomic E-state index is 0.197. The minimum atomic E-state index is -0.197. The molecule has 1 aliphatic rings. The van der Waals surface area contributed by atoms with Crippen LogP contribution in [0, 0.1) is 0 Å². The quantitative estimate of drug-likeness (QED) is 0.706. The topological polar surface area (TPSA) is 38.8 Å². The van der Waals surface area contributed by atoms with Gasteiger partial charge in [0.05, 0.1) is 26.2 Å². The van der Waals surface area contributed by atoms with Crippen molar-refractivity contribution < 1.29 is 14.3 Å². The first-order valence-electron chi connectivity index (χ1n) is 6.37. The van der Waals surface area contributed by atoms with Gasteiger partial charge < -0.3 is 9.47 Å². The highest BCUT2D eigenvalue weighted by Gasteiger charge is 2.27. The highest BCUT2D eigenvalue weighted by molar-refractivity contribution is 5.69. The molecule has 0 saturated carbocycles. The molecule has 0 radical (unpaired) electrons. The fourth-order valence-electron chi connectivity index (χ4n) is 2.10. The van der Waals surface area contributed by atoms with E-state index in [1.165, 1.54) is 7.11 Å². The van der Waals surface area contributed by atoms with Gasteiger partial charge in [-0.15, -0.1) is 0 Å². The maximum atomic E-state index is 10.9. The summed E-state index contributed by atoms with van der Waals surface area (Å²) in [5.74, 6) is -0.197. The van der Waals surface area contributed by atoms with Crippen molar-refractivity contribution in [3.8, 4) is 0 Å². The van der Waals surface area contributed by atoms with Gasteiger partial charge in [0, 0.05) is 18.6 Å². The third-order valence-corrected chi connectivity index (χ3v) is 3.28. The van der Waals surface area contributed by atoms with E-state index in [1.54, 1.807) is 0 Å². The molecule has 0 aromatic heterocycles. The van der Waals surface area contributed by atoms with Gasteiger partial charge >= 0.3 is 5.97 Å². The molecule has 100 valence electrons. The van der Waals surface area contributed by atoms with E-state index in [0.29, 0.717) is 19.1 Å². The van der Waals surface area contributed by atoms with Gasteiger partial charge in [-0.2, -0.15) is 0 Å². The lowest BCUT2D eigenvalue weighted by Crippen LogP contribution is -2.47. The molecule has 0 aromatic rings. The Hall–Kier alpha value is -0.610. The summed E-state index contributed by atoms with van der Waals surface area (Å²) >= 11 is 0. The van der Waals surface area contributed by atoms with Crippen LogP contribution in [-0.2, 0) is 14.3 Å². The molecule has 4 nitrogen and oxygen atoms in total. The standard InChI is InChI=1S/C13H25NO3/c1-13(2,3)14-8-5-11(6-9-14)17-10-7-12(15)16-4/h11H,5-10H2,1-4H3. The number of esters is 1. The number of ether oxygens (including phenoxy) is 2. The number of carbonyl (C=O) groups is 1. The normalized spacial score (nSPS) is 19.3. The molecule has 0 amide bonds. The number of hydrogen-bond acceptors (Lipinski definition) is 4. The highest BCUT2D eigenvalue weighted by Crippen LogP contribution is 2.21. The molecular formula is C13H25NO3. The summed E-state index contributed by atoms with van der Waals surface area (Å²) in [5, 5.41) is 0. The van der Waals surface area contributed by atoms with E-state index < -0.39 is 0 Å². The molecule has 1 rings (SSSR count). The van der Waals surface area contributed by atoms with Crippen molar-refractivity contribution >= 4 is 5.97 Å². The van der Waals surface area contributed by atoms with E-state index in [0.717, 1.165) is 25.9 Å². The molecule has 1 aliphatic heterocycles. The molecule has 0 aromatic carbocycles. The number of piperidine rings is 1. The van der Waals surface area contributed by atoms with Crippen LogP contribution < -0.4 is 0 Å². The van der Waals surface area contributed by atoms with Gasteiger partial charge in [-0.05, 0) is 33.6 Å². The smallest absolute Gasteiger partial charge is 0.307 e. The van der Waals surface area contributed by atoms with Crippen molar-refractivity contribution in [1.29, 1.82) is 0 Å². The summed E-state index contributed by atoms with van der Waals surface area (Å²) in [5.41, 5.74) is 0.247. The van der Waals surface area contributed by atoms with Gasteiger partial charge in [0.15, 0.2) is 0 Å². The van der Waals surface area contributed by atoms with Gasteiger partial charge in [0.25, 0.3) is 0 Å². The second kappa shape index (κ2) is 6.36. The van der Waals surface area contributed by atoms with Crippen molar-refractivity contribution in [2.75, 3.05) is 26.8 Å². The molecule has 0 atom stereocenters. The Kier molecular flexibility index (Phi) is 5.40. The Bertz CT molecular complexity index is 240. The molecule has 0 aliphatic carbocycles. The number of likely N-dealkylation sites (tertiary alicyclic amines) is 1. The zero-order chi connectivity index (χ0) is 12.9. The zero-order valence-electron chi connectivity index (χ0n) is 11.5. The third-order valence-electron chi connectivity index (χ3n) is 3.28. The Morgan fingerprint density at radius 2 is 1.88 bits per heavy atom. The maximum absolute atomic E-state index is 10.9. The van der Waals surface area contributed by atoms with Crippen LogP contribution in [-0.4, -0.2) is 49.3 Å². The van der Waals surface area contributed by atoms with Crippen molar-refractivity contribution in [2.24, 2.45) is 0 Å². The van der Waals surface area contributed by atoms with Gasteiger partial charge in [0.1, 0.15) is 0 Å². The SMILES string of the molecule is COC(=O)CCOC1CCN(C(C)(C)C)CC1. The summed E-state index contributed by atoms with van der Waals surface area (Å²) < 4.78 is 10.3. The molecule has 1 heterocycles. The number of hydrogen-bond donors (Lipinski definition) is 0. The van der Waals surface area contributed by atoms with Crippen molar-refractivity contribution in [3.63, 3.8) is 0 Å². The van der Waals surface area contributed by atoms with Crippen molar-refractivity contribution in [1.82, 2.24) is 4.90 Å². The van der Waals surface area contributed by atoms with Crippen LogP contribution in [0.3, 0.4) is 0 Å². The summed E-state index contributed by atoms with van der Waals surface area (Å²) in [6.07, 6.45) is 2.77. The van der Waals surface area contributed by atoms with Gasteiger partial charge in [-0.1, -0.05) is 0 Å². The number of rotatable bonds is 4. The molecule has 4 heteroatoms. The van der Waals surface area contributed by atoms with Crippen LogP contribution in [0.4, 0.5) is 0 Å². The summed E-state index contributed by atoms with van der Waals surface area (Å²) in [6, 6.07) is 0. The van der Waals surface area contributed by atoms with E-state index in [2.05, 4.69) is 30.4 Å². The molecule has 17 heavy (non-hydrogen) atoms. The summed E-state index contributed by atoms with van der Waals surface area (Å²) in [4.78, 5) is 13.4. The molecule has 1 fully saturated rings. The largest absolute Gasteiger partial charge is 0.469 e. The van der Waals surface area contributed by atoms with Crippen molar-refractivity contribution in [3.05, 3.63) is 0 Å². The number of methoxy groups -OCH3 is 1. The first-order valence-corrected chi connectivity index (χ1v) is 6.37. The Balaban J connectivity index is 2.17. The van der Waals surface area contributed by atoms with Crippen LogP contribution in [0.15, 0.2) is 0 Å². The van der Waals surface area contributed by atoms with E-state index in [9.17, 15) is 4.79 Å². The molecule has 0 bridgehead atoms. The van der Waals surface area contributed by atoms with Gasteiger partial charge in [-0.3, -0.25) is 9.69 Å². The monoisotopic (exact) mass is 243 g/mol. The number of carbonyl (C=O) groups excluding carboxylic acids is 1. The Morgan fingerprint density at radius 3 is 2.35 bits per heavy atom. The second-order valence-corrected chi connectivity index (χ2v) is 5.55. The lowest BCUT2D eigenvalue weighted by molar-refractivity contribution is -0.142. The third kappa shape index (κ3) is 5.04. The predicted molar refractivity (Wildman–Crippen MR) is 66.9 cm³/mol. The maximum Gasteiger partial charge on any atom is 0.307 e. The summed E-state index contributed by atoms with van der Waals surface area (Å²) in [6.45, 7) is 9.36. The van der Waals surface area contributed by atoms with Crippen LogP contribution in [0.5, 0.6) is 0 Å². The van der Waals surface area contributed by atoms with Gasteiger partial charge in [-0.25, -0.2) is 0 Å². The predicted octanol–water partition coefficient (Wildman–Crippen LogP) is 1.83. The Morgan fingerprint density at radius 1 is 1.29 bits per heavy atom. The average molecular weight is 243 g/mol.